The average molecular weight is 306 g/mol. The molecule has 4 heteroatoms. The van der Waals surface area contributed by atoms with Gasteiger partial charge in [-0.05, 0) is 64.4 Å². The molecule has 21 heavy (non-hydrogen) atoms. The van der Waals surface area contributed by atoms with E-state index in [1.54, 1.807) is 11.8 Å². The molecule has 1 aliphatic heterocycles. The lowest BCUT2D eigenvalue weighted by atomic mass is 9.94. The molecule has 116 valence electrons. The Balaban J connectivity index is 1.65. The zero-order chi connectivity index (χ0) is 15.1. The van der Waals surface area contributed by atoms with Crippen LogP contribution in [0.5, 0.6) is 0 Å². The van der Waals surface area contributed by atoms with Gasteiger partial charge in [0.05, 0.1) is 5.25 Å². The molecule has 1 atom stereocenters. The van der Waals surface area contributed by atoms with E-state index in [0.29, 0.717) is 0 Å². The first-order chi connectivity index (χ1) is 10.1. The van der Waals surface area contributed by atoms with Gasteiger partial charge in [0.25, 0.3) is 0 Å². The topological polar surface area (TPSA) is 32.3 Å². The van der Waals surface area contributed by atoms with Crippen molar-refractivity contribution in [3.05, 3.63) is 30.3 Å². The van der Waals surface area contributed by atoms with Crippen molar-refractivity contribution < 1.29 is 4.79 Å². The summed E-state index contributed by atoms with van der Waals surface area (Å²) in [6.45, 7) is 5.17. The maximum absolute atomic E-state index is 12.1. The summed E-state index contributed by atoms with van der Waals surface area (Å²) in [5.41, 5.74) is 0. The number of carbonyl (C=O) groups excluding carboxylic acids is 1. The molecule has 0 saturated carbocycles. The first kappa shape index (κ1) is 16.4. The van der Waals surface area contributed by atoms with Crippen LogP contribution in [0.2, 0.25) is 0 Å². The predicted molar refractivity (Wildman–Crippen MR) is 89.6 cm³/mol. The van der Waals surface area contributed by atoms with E-state index in [-0.39, 0.29) is 11.2 Å². The van der Waals surface area contributed by atoms with Crippen molar-refractivity contribution in [2.75, 3.05) is 26.7 Å². The molecule has 0 radical (unpaired) electrons. The molecular weight excluding hydrogens is 280 g/mol. The van der Waals surface area contributed by atoms with Gasteiger partial charge in [0.2, 0.25) is 5.91 Å². The van der Waals surface area contributed by atoms with Gasteiger partial charge in [-0.25, -0.2) is 0 Å². The van der Waals surface area contributed by atoms with Gasteiger partial charge in [0, 0.05) is 11.4 Å². The van der Waals surface area contributed by atoms with E-state index in [0.717, 1.165) is 23.8 Å². The monoisotopic (exact) mass is 306 g/mol. The molecule has 0 unspecified atom stereocenters. The number of piperidine rings is 1. The Bertz CT molecular complexity index is 430. The van der Waals surface area contributed by atoms with Crippen LogP contribution in [0.4, 0.5) is 0 Å². The number of rotatable bonds is 6. The summed E-state index contributed by atoms with van der Waals surface area (Å²) in [6.07, 6.45) is 3.64. The molecule has 0 bridgehead atoms. The second-order valence-electron chi connectivity index (χ2n) is 5.90. The maximum Gasteiger partial charge on any atom is 0.233 e. The summed E-state index contributed by atoms with van der Waals surface area (Å²) in [6, 6.07) is 10.1. The number of nitrogens with zero attached hydrogens (tertiary/aromatic N) is 1. The van der Waals surface area contributed by atoms with Crippen LogP contribution in [0.25, 0.3) is 0 Å². The highest BCUT2D eigenvalue weighted by Gasteiger charge is 2.18. The van der Waals surface area contributed by atoms with Crippen molar-refractivity contribution in [1.82, 2.24) is 10.2 Å². The maximum atomic E-state index is 12.1. The van der Waals surface area contributed by atoms with Crippen LogP contribution in [0.15, 0.2) is 35.2 Å². The third-order valence-electron chi connectivity index (χ3n) is 4.12. The molecular formula is C17H26N2OS. The van der Waals surface area contributed by atoms with Gasteiger partial charge < -0.3 is 10.2 Å². The van der Waals surface area contributed by atoms with Gasteiger partial charge >= 0.3 is 0 Å². The minimum absolute atomic E-state index is 0.0371. The van der Waals surface area contributed by atoms with E-state index in [1.165, 1.54) is 25.9 Å². The number of carbonyl (C=O) groups is 1. The van der Waals surface area contributed by atoms with Crippen LogP contribution >= 0.6 is 11.8 Å². The van der Waals surface area contributed by atoms with Crippen molar-refractivity contribution >= 4 is 17.7 Å². The largest absolute Gasteiger partial charge is 0.355 e. The van der Waals surface area contributed by atoms with Crippen LogP contribution in [0, 0.1) is 5.92 Å². The average Bonchev–Trinajstić information content (AvgIpc) is 2.50. The number of likely N-dealkylation sites (tertiary alicyclic amines) is 1. The number of hydrogen-bond acceptors (Lipinski definition) is 3. The van der Waals surface area contributed by atoms with Crippen LogP contribution in [0.3, 0.4) is 0 Å². The quantitative estimate of drug-likeness (QED) is 0.820. The zero-order valence-corrected chi connectivity index (χ0v) is 13.9. The fraction of sp³-hybridized carbons (Fsp3) is 0.588. The lowest BCUT2D eigenvalue weighted by Crippen LogP contribution is -2.35. The predicted octanol–water partition coefficient (Wildman–Crippen LogP) is 3.02. The Kier molecular flexibility index (Phi) is 6.58. The summed E-state index contributed by atoms with van der Waals surface area (Å²) >= 11 is 1.62. The molecule has 0 aromatic heterocycles. The molecule has 1 saturated heterocycles. The number of amides is 1. The van der Waals surface area contributed by atoms with E-state index in [4.69, 9.17) is 0 Å². The first-order valence-corrected chi connectivity index (χ1v) is 8.71. The molecule has 0 spiro atoms. The molecule has 1 N–H and O–H groups in total. The molecule has 1 aromatic carbocycles. The molecule has 1 heterocycles. The number of thioether (sulfide) groups is 1. The van der Waals surface area contributed by atoms with E-state index in [1.807, 2.05) is 37.3 Å². The fourth-order valence-corrected chi connectivity index (χ4v) is 3.56. The summed E-state index contributed by atoms with van der Waals surface area (Å²) < 4.78 is 0. The second kappa shape index (κ2) is 8.44. The highest BCUT2D eigenvalue weighted by atomic mass is 32.2. The van der Waals surface area contributed by atoms with E-state index >= 15 is 0 Å². The Morgan fingerprint density at radius 1 is 1.33 bits per heavy atom. The first-order valence-electron chi connectivity index (χ1n) is 7.83. The van der Waals surface area contributed by atoms with E-state index in [9.17, 15) is 4.79 Å². The smallest absolute Gasteiger partial charge is 0.233 e. The van der Waals surface area contributed by atoms with Crippen LogP contribution in [-0.4, -0.2) is 42.7 Å². The minimum atomic E-state index is -0.0371. The highest BCUT2D eigenvalue weighted by molar-refractivity contribution is 8.00. The van der Waals surface area contributed by atoms with Gasteiger partial charge in [-0.3, -0.25) is 4.79 Å². The van der Waals surface area contributed by atoms with Crippen molar-refractivity contribution in [2.24, 2.45) is 5.92 Å². The molecule has 3 nitrogen and oxygen atoms in total. The third-order valence-corrected chi connectivity index (χ3v) is 5.23. The SMILES string of the molecule is C[C@@H](Sc1ccccc1)C(=O)NCCC1CCN(C)CC1. The second-order valence-corrected chi connectivity index (χ2v) is 7.31. The van der Waals surface area contributed by atoms with E-state index in [2.05, 4.69) is 17.3 Å². The number of hydrogen-bond donors (Lipinski definition) is 1. The standard InChI is InChI=1S/C17H26N2OS/c1-14(21-16-6-4-3-5-7-16)17(20)18-11-8-15-9-12-19(2)13-10-15/h3-7,14-15H,8-13H2,1-2H3,(H,18,20)/t14-/m1/s1. The van der Waals surface area contributed by atoms with Crippen molar-refractivity contribution in [3.8, 4) is 0 Å². The highest BCUT2D eigenvalue weighted by Crippen LogP contribution is 2.23. The molecule has 0 aliphatic carbocycles. The fourth-order valence-electron chi connectivity index (χ4n) is 2.65. The lowest BCUT2D eigenvalue weighted by molar-refractivity contribution is -0.120. The Morgan fingerprint density at radius 3 is 2.67 bits per heavy atom. The van der Waals surface area contributed by atoms with Crippen LogP contribution < -0.4 is 5.32 Å². The zero-order valence-electron chi connectivity index (χ0n) is 13.0. The number of benzene rings is 1. The number of nitrogens with one attached hydrogen (secondary N) is 1. The summed E-state index contributed by atoms with van der Waals surface area (Å²) in [5, 5.41) is 3.05. The van der Waals surface area contributed by atoms with Gasteiger partial charge in [0.1, 0.15) is 0 Å². The normalized spacial score (nSPS) is 18.4. The van der Waals surface area contributed by atoms with E-state index < -0.39 is 0 Å². The Morgan fingerprint density at radius 2 is 2.00 bits per heavy atom. The van der Waals surface area contributed by atoms with Crippen molar-refractivity contribution in [3.63, 3.8) is 0 Å². The van der Waals surface area contributed by atoms with Crippen LogP contribution in [-0.2, 0) is 4.79 Å². The summed E-state index contributed by atoms with van der Waals surface area (Å²) in [4.78, 5) is 15.6. The molecule has 1 aromatic rings. The summed E-state index contributed by atoms with van der Waals surface area (Å²) in [5.74, 6) is 0.926. The van der Waals surface area contributed by atoms with Crippen molar-refractivity contribution in [2.45, 2.75) is 36.3 Å². The van der Waals surface area contributed by atoms with Gasteiger partial charge in [-0.15, -0.1) is 11.8 Å². The molecule has 1 amide bonds. The van der Waals surface area contributed by atoms with Gasteiger partial charge in [0.15, 0.2) is 0 Å². The third kappa shape index (κ3) is 5.71. The molecule has 1 aliphatic rings. The van der Waals surface area contributed by atoms with Crippen molar-refractivity contribution in [1.29, 1.82) is 0 Å². The Labute approximate surface area is 132 Å². The minimum Gasteiger partial charge on any atom is -0.355 e. The van der Waals surface area contributed by atoms with Gasteiger partial charge in [-0.1, -0.05) is 18.2 Å². The van der Waals surface area contributed by atoms with Crippen LogP contribution in [0.1, 0.15) is 26.2 Å². The lowest BCUT2D eigenvalue weighted by Gasteiger charge is -2.29. The molecule has 2 rings (SSSR count). The van der Waals surface area contributed by atoms with Gasteiger partial charge in [-0.2, -0.15) is 0 Å². The molecule has 1 fully saturated rings. The Hall–Kier alpha value is -1.00. The summed E-state index contributed by atoms with van der Waals surface area (Å²) in [7, 11) is 2.18.